The van der Waals surface area contributed by atoms with Gasteiger partial charge in [-0.25, -0.2) is 4.98 Å². The van der Waals surface area contributed by atoms with E-state index in [9.17, 15) is 9.59 Å². The molecule has 2 heterocycles. The lowest BCUT2D eigenvalue weighted by Gasteiger charge is -2.13. The smallest absolute Gasteiger partial charge is 0.258 e. The molecule has 1 aromatic carbocycles. The number of hydrogen-bond acceptors (Lipinski definition) is 4. The van der Waals surface area contributed by atoms with Crippen molar-refractivity contribution in [2.75, 3.05) is 0 Å². The van der Waals surface area contributed by atoms with E-state index in [0.717, 1.165) is 5.56 Å². The summed E-state index contributed by atoms with van der Waals surface area (Å²) in [6, 6.07) is 10.8. The number of fused-ring (bicyclic) bond motifs is 1. The zero-order valence-electron chi connectivity index (χ0n) is 13.3. The largest absolute Gasteiger partial charge is 0.350 e. The lowest BCUT2D eigenvalue weighted by molar-refractivity contribution is -0.121. The zero-order valence-corrected chi connectivity index (χ0v) is 13.3. The Hall–Kier alpha value is -3.02. The molecule has 6 heteroatoms. The number of carbonyl (C=O) groups is 1. The number of para-hydroxylation sites is 1. The van der Waals surface area contributed by atoms with Crippen LogP contribution in [0.3, 0.4) is 0 Å². The van der Waals surface area contributed by atoms with E-state index >= 15 is 0 Å². The number of H-pyrrole nitrogens is 1. The van der Waals surface area contributed by atoms with Gasteiger partial charge in [0.2, 0.25) is 5.91 Å². The Labute approximate surface area is 139 Å². The Morgan fingerprint density at radius 3 is 2.75 bits per heavy atom. The number of carbonyl (C=O) groups excluding carboxylic acids is 1. The standard InChI is InChI=1S/C18H18N4O2/c1-12(13-8-10-19-11-9-13)20-17(23)7-6-16-21-15-5-3-2-4-14(15)18(24)22-16/h2-5,8-12H,6-7H2,1H3,(H,20,23)(H,21,22,24)/t12-/m0/s1. The van der Waals surface area contributed by atoms with Crippen molar-refractivity contribution in [2.24, 2.45) is 0 Å². The summed E-state index contributed by atoms with van der Waals surface area (Å²) in [5.41, 5.74) is 1.46. The van der Waals surface area contributed by atoms with Gasteiger partial charge in [0.1, 0.15) is 5.82 Å². The molecule has 0 fully saturated rings. The maximum absolute atomic E-state index is 12.1. The second kappa shape index (κ2) is 7.04. The number of nitrogens with zero attached hydrogens (tertiary/aromatic N) is 2. The number of amides is 1. The van der Waals surface area contributed by atoms with Gasteiger partial charge in [0, 0.05) is 25.2 Å². The minimum Gasteiger partial charge on any atom is -0.350 e. The number of hydrogen-bond donors (Lipinski definition) is 2. The van der Waals surface area contributed by atoms with Gasteiger partial charge >= 0.3 is 0 Å². The number of pyridine rings is 1. The molecule has 0 saturated carbocycles. The number of rotatable bonds is 5. The summed E-state index contributed by atoms with van der Waals surface area (Å²) in [5.74, 6) is 0.431. The third-order valence-corrected chi connectivity index (χ3v) is 3.83. The van der Waals surface area contributed by atoms with Crippen LogP contribution in [0.5, 0.6) is 0 Å². The molecule has 1 amide bonds. The van der Waals surface area contributed by atoms with Gasteiger partial charge in [-0.2, -0.15) is 0 Å². The summed E-state index contributed by atoms with van der Waals surface area (Å²) >= 11 is 0. The highest BCUT2D eigenvalue weighted by atomic mass is 16.1. The number of benzene rings is 1. The van der Waals surface area contributed by atoms with Gasteiger partial charge in [-0.3, -0.25) is 14.6 Å². The van der Waals surface area contributed by atoms with Crippen LogP contribution in [-0.4, -0.2) is 20.9 Å². The molecule has 0 aliphatic rings. The Bertz CT molecular complexity index is 906. The fraction of sp³-hybridized carbons (Fsp3) is 0.222. The van der Waals surface area contributed by atoms with Gasteiger partial charge in [-0.15, -0.1) is 0 Å². The highest BCUT2D eigenvalue weighted by Crippen LogP contribution is 2.11. The third kappa shape index (κ3) is 3.65. The molecule has 0 radical (unpaired) electrons. The minimum absolute atomic E-state index is 0.0879. The first kappa shape index (κ1) is 15.9. The summed E-state index contributed by atoms with van der Waals surface area (Å²) < 4.78 is 0. The van der Waals surface area contributed by atoms with Crippen LogP contribution in [0.4, 0.5) is 0 Å². The van der Waals surface area contributed by atoms with Gasteiger partial charge < -0.3 is 10.3 Å². The van der Waals surface area contributed by atoms with E-state index in [1.165, 1.54) is 0 Å². The fourth-order valence-electron chi connectivity index (χ4n) is 2.53. The maximum Gasteiger partial charge on any atom is 0.258 e. The topological polar surface area (TPSA) is 87.7 Å². The lowest BCUT2D eigenvalue weighted by atomic mass is 10.1. The van der Waals surface area contributed by atoms with Crippen LogP contribution >= 0.6 is 0 Å². The predicted octanol–water partition coefficient (Wildman–Crippen LogP) is 2.13. The van der Waals surface area contributed by atoms with Crippen LogP contribution in [0.15, 0.2) is 53.6 Å². The van der Waals surface area contributed by atoms with Crippen molar-refractivity contribution in [1.29, 1.82) is 0 Å². The van der Waals surface area contributed by atoms with Gasteiger partial charge in [0.15, 0.2) is 0 Å². The summed E-state index contributed by atoms with van der Waals surface area (Å²) in [7, 11) is 0. The molecule has 2 N–H and O–H groups in total. The average molecular weight is 322 g/mol. The summed E-state index contributed by atoms with van der Waals surface area (Å²) in [6.07, 6.45) is 4.04. The molecule has 3 aromatic rings. The third-order valence-electron chi connectivity index (χ3n) is 3.83. The molecule has 3 rings (SSSR count). The zero-order chi connectivity index (χ0) is 16.9. The number of aryl methyl sites for hydroxylation is 1. The number of aromatic nitrogens is 3. The second-order valence-corrected chi connectivity index (χ2v) is 5.60. The first-order valence-electron chi connectivity index (χ1n) is 7.81. The van der Waals surface area contributed by atoms with Gasteiger partial charge in [-0.05, 0) is 36.8 Å². The molecule has 0 spiro atoms. The Kier molecular flexibility index (Phi) is 4.65. The fourth-order valence-corrected chi connectivity index (χ4v) is 2.53. The van der Waals surface area contributed by atoms with Crippen molar-refractivity contribution in [3.8, 4) is 0 Å². The first-order chi connectivity index (χ1) is 11.6. The quantitative estimate of drug-likeness (QED) is 0.753. The van der Waals surface area contributed by atoms with E-state index in [2.05, 4.69) is 20.3 Å². The summed E-state index contributed by atoms with van der Waals surface area (Å²) in [5, 5.41) is 3.48. The predicted molar refractivity (Wildman–Crippen MR) is 91.5 cm³/mol. The average Bonchev–Trinajstić information content (AvgIpc) is 2.61. The van der Waals surface area contributed by atoms with Gasteiger partial charge in [-0.1, -0.05) is 12.1 Å². The number of aromatic amines is 1. The minimum atomic E-state index is -0.179. The Morgan fingerprint density at radius 2 is 1.96 bits per heavy atom. The molecule has 122 valence electrons. The van der Waals surface area contributed by atoms with E-state index in [4.69, 9.17) is 0 Å². The van der Waals surface area contributed by atoms with Crippen LogP contribution in [0, 0.1) is 0 Å². The highest BCUT2D eigenvalue weighted by molar-refractivity contribution is 5.78. The van der Waals surface area contributed by atoms with Crippen molar-refractivity contribution in [3.63, 3.8) is 0 Å². The highest BCUT2D eigenvalue weighted by Gasteiger charge is 2.10. The molecule has 1 atom stereocenters. The van der Waals surface area contributed by atoms with Crippen LogP contribution in [0.25, 0.3) is 10.9 Å². The van der Waals surface area contributed by atoms with Crippen molar-refractivity contribution < 1.29 is 4.79 Å². The Balaban J connectivity index is 1.63. The molecular weight excluding hydrogens is 304 g/mol. The van der Waals surface area contributed by atoms with E-state index in [0.29, 0.717) is 23.1 Å². The molecule has 2 aromatic heterocycles. The molecule has 0 saturated heterocycles. The van der Waals surface area contributed by atoms with Gasteiger partial charge in [0.25, 0.3) is 5.56 Å². The monoisotopic (exact) mass is 322 g/mol. The first-order valence-corrected chi connectivity index (χ1v) is 7.81. The van der Waals surface area contributed by atoms with Crippen LogP contribution in [0.1, 0.15) is 30.8 Å². The summed E-state index contributed by atoms with van der Waals surface area (Å²) in [6.45, 7) is 1.92. The maximum atomic E-state index is 12.1. The van der Waals surface area contributed by atoms with E-state index in [1.807, 2.05) is 25.1 Å². The second-order valence-electron chi connectivity index (χ2n) is 5.60. The van der Waals surface area contributed by atoms with E-state index in [1.54, 1.807) is 30.6 Å². The normalized spacial score (nSPS) is 12.0. The van der Waals surface area contributed by atoms with E-state index in [-0.39, 0.29) is 23.9 Å². The Morgan fingerprint density at radius 1 is 1.21 bits per heavy atom. The molecule has 0 aliphatic carbocycles. The van der Waals surface area contributed by atoms with Crippen molar-refractivity contribution >= 4 is 16.8 Å². The van der Waals surface area contributed by atoms with Crippen molar-refractivity contribution in [1.82, 2.24) is 20.3 Å². The van der Waals surface area contributed by atoms with Crippen molar-refractivity contribution in [2.45, 2.75) is 25.8 Å². The van der Waals surface area contributed by atoms with Gasteiger partial charge in [0.05, 0.1) is 16.9 Å². The number of nitrogens with one attached hydrogen (secondary N) is 2. The SMILES string of the molecule is C[C@H](NC(=O)CCc1nc2ccccc2c(=O)[nH]1)c1ccncc1. The van der Waals surface area contributed by atoms with Crippen molar-refractivity contribution in [3.05, 3.63) is 70.5 Å². The molecule has 0 unspecified atom stereocenters. The molecular formula is C18H18N4O2. The summed E-state index contributed by atoms with van der Waals surface area (Å²) in [4.78, 5) is 35.2. The van der Waals surface area contributed by atoms with E-state index < -0.39 is 0 Å². The van der Waals surface area contributed by atoms with Crippen LogP contribution < -0.4 is 10.9 Å². The van der Waals surface area contributed by atoms with Crippen LogP contribution in [0.2, 0.25) is 0 Å². The molecule has 0 bridgehead atoms. The molecule has 24 heavy (non-hydrogen) atoms. The molecule has 6 nitrogen and oxygen atoms in total. The van der Waals surface area contributed by atoms with Crippen LogP contribution in [-0.2, 0) is 11.2 Å². The lowest BCUT2D eigenvalue weighted by Crippen LogP contribution is -2.27. The molecule has 0 aliphatic heterocycles.